The van der Waals surface area contributed by atoms with Crippen LogP contribution in [0.3, 0.4) is 0 Å². The molecule has 1 aromatic rings. The molecule has 2 heterocycles. The van der Waals surface area contributed by atoms with Gasteiger partial charge in [-0.15, -0.1) is 0 Å². The normalized spacial score (nSPS) is 19.6. The van der Waals surface area contributed by atoms with E-state index in [9.17, 15) is 4.79 Å². The lowest BCUT2D eigenvalue weighted by Gasteiger charge is -2.23. The maximum Gasteiger partial charge on any atom is 0.249 e. The van der Waals surface area contributed by atoms with E-state index in [0.29, 0.717) is 0 Å². The molecule has 0 saturated carbocycles. The number of rotatable bonds is 3. The van der Waals surface area contributed by atoms with E-state index in [0.717, 1.165) is 30.8 Å². The van der Waals surface area contributed by atoms with Crippen molar-refractivity contribution in [3.63, 3.8) is 0 Å². The molecule has 0 radical (unpaired) electrons. The number of hydrogen-bond donors (Lipinski definition) is 0. The molecule has 5 nitrogen and oxygen atoms in total. The summed E-state index contributed by atoms with van der Waals surface area (Å²) in [6.45, 7) is 2.82. The van der Waals surface area contributed by atoms with Crippen molar-refractivity contribution < 1.29 is 9.53 Å². The number of hydrogen-bond acceptors (Lipinski definition) is 4. The number of aryl methyl sites for hydroxylation is 1. The summed E-state index contributed by atoms with van der Waals surface area (Å²) >= 11 is 0. The zero-order chi connectivity index (χ0) is 12.3. The zero-order valence-corrected chi connectivity index (χ0v) is 10.2. The van der Waals surface area contributed by atoms with Gasteiger partial charge in [0, 0.05) is 19.9 Å². The molecule has 0 N–H and O–H groups in total. The lowest BCUT2D eigenvalue weighted by atomic mass is 10.1. The van der Waals surface area contributed by atoms with E-state index >= 15 is 0 Å². The molecule has 1 aromatic heterocycles. The Bertz CT molecular complexity index is 408. The average molecular weight is 235 g/mol. The first-order valence-corrected chi connectivity index (χ1v) is 5.79. The molecule has 92 valence electrons. The molecule has 0 spiro atoms. The second-order valence-corrected chi connectivity index (χ2v) is 4.26. The van der Waals surface area contributed by atoms with Crippen molar-refractivity contribution in [2.45, 2.75) is 25.8 Å². The van der Waals surface area contributed by atoms with Crippen molar-refractivity contribution in [1.82, 2.24) is 14.9 Å². The smallest absolute Gasteiger partial charge is 0.249 e. The van der Waals surface area contributed by atoms with E-state index in [-0.39, 0.29) is 18.6 Å². The van der Waals surface area contributed by atoms with Gasteiger partial charge in [-0.05, 0) is 19.8 Å². The Morgan fingerprint density at radius 2 is 2.41 bits per heavy atom. The van der Waals surface area contributed by atoms with E-state index < -0.39 is 0 Å². The van der Waals surface area contributed by atoms with Gasteiger partial charge in [-0.25, -0.2) is 0 Å². The highest BCUT2D eigenvalue weighted by Gasteiger charge is 2.30. The molecule has 1 aliphatic rings. The second-order valence-electron chi connectivity index (χ2n) is 4.26. The quantitative estimate of drug-likeness (QED) is 0.787. The number of nitrogens with zero attached hydrogens (tertiary/aromatic N) is 3. The topological polar surface area (TPSA) is 55.3 Å². The predicted molar refractivity (Wildman–Crippen MR) is 62.3 cm³/mol. The van der Waals surface area contributed by atoms with Gasteiger partial charge in [0.25, 0.3) is 0 Å². The summed E-state index contributed by atoms with van der Waals surface area (Å²) < 4.78 is 4.90. The number of aromatic nitrogens is 2. The lowest BCUT2D eigenvalue weighted by molar-refractivity contribution is -0.136. The van der Waals surface area contributed by atoms with Crippen LogP contribution in [-0.2, 0) is 9.53 Å². The number of carbonyl (C=O) groups excluding carboxylic acids is 1. The molecule has 0 bridgehead atoms. The lowest BCUT2D eigenvalue weighted by Crippen LogP contribution is -2.33. The molecule has 0 unspecified atom stereocenters. The van der Waals surface area contributed by atoms with Gasteiger partial charge in [-0.1, -0.05) is 0 Å². The molecule has 17 heavy (non-hydrogen) atoms. The van der Waals surface area contributed by atoms with Crippen LogP contribution in [0.5, 0.6) is 0 Å². The van der Waals surface area contributed by atoms with Gasteiger partial charge in [-0.2, -0.15) is 0 Å². The van der Waals surface area contributed by atoms with Crippen LogP contribution in [-0.4, -0.2) is 41.0 Å². The third-order valence-electron chi connectivity index (χ3n) is 2.96. The van der Waals surface area contributed by atoms with Crippen molar-refractivity contribution in [3.05, 3.63) is 23.8 Å². The number of amides is 1. The highest BCUT2D eigenvalue weighted by molar-refractivity contribution is 5.78. The fourth-order valence-corrected chi connectivity index (χ4v) is 2.22. The van der Waals surface area contributed by atoms with Crippen LogP contribution in [0.25, 0.3) is 0 Å². The second kappa shape index (κ2) is 5.23. The fourth-order valence-electron chi connectivity index (χ4n) is 2.22. The van der Waals surface area contributed by atoms with Crippen molar-refractivity contribution in [1.29, 1.82) is 0 Å². The van der Waals surface area contributed by atoms with Crippen LogP contribution < -0.4 is 0 Å². The van der Waals surface area contributed by atoms with Crippen molar-refractivity contribution in [2.75, 3.05) is 20.3 Å². The summed E-state index contributed by atoms with van der Waals surface area (Å²) in [6, 6.07) is 0.0602. The molecule has 1 amide bonds. The fraction of sp³-hybridized carbons (Fsp3) is 0.583. The third-order valence-corrected chi connectivity index (χ3v) is 2.96. The largest absolute Gasteiger partial charge is 0.375 e. The average Bonchev–Trinajstić information content (AvgIpc) is 2.78. The molecule has 1 atom stereocenters. The van der Waals surface area contributed by atoms with Gasteiger partial charge >= 0.3 is 0 Å². The van der Waals surface area contributed by atoms with Gasteiger partial charge in [0.15, 0.2) is 0 Å². The molecule has 2 rings (SSSR count). The Hall–Kier alpha value is -1.49. The number of carbonyl (C=O) groups is 1. The third kappa shape index (κ3) is 2.61. The first-order valence-electron chi connectivity index (χ1n) is 5.79. The van der Waals surface area contributed by atoms with Gasteiger partial charge in [0.2, 0.25) is 5.91 Å². The minimum Gasteiger partial charge on any atom is -0.375 e. The summed E-state index contributed by atoms with van der Waals surface area (Å²) in [5, 5.41) is 0. The first-order chi connectivity index (χ1) is 8.22. The van der Waals surface area contributed by atoms with Gasteiger partial charge in [0.1, 0.15) is 6.61 Å². The Kier molecular flexibility index (Phi) is 3.68. The van der Waals surface area contributed by atoms with Crippen LogP contribution in [0.2, 0.25) is 0 Å². The number of methoxy groups -OCH3 is 1. The molecular formula is C12H17N3O2. The Balaban J connectivity index is 2.17. The summed E-state index contributed by atoms with van der Waals surface area (Å²) in [5.41, 5.74) is 1.76. The first kappa shape index (κ1) is 12.0. The van der Waals surface area contributed by atoms with E-state index in [4.69, 9.17) is 4.74 Å². The van der Waals surface area contributed by atoms with Gasteiger partial charge in [0.05, 0.1) is 23.6 Å². The molecule has 0 aliphatic carbocycles. The summed E-state index contributed by atoms with van der Waals surface area (Å²) in [4.78, 5) is 22.3. The van der Waals surface area contributed by atoms with Crippen LogP contribution >= 0.6 is 0 Å². The van der Waals surface area contributed by atoms with E-state index in [1.807, 2.05) is 11.8 Å². The molecule has 1 aliphatic heterocycles. The molecule has 1 fully saturated rings. The Morgan fingerprint density at radius 3 is 3.12 bits per heavy atom. The molecular weight excluding hydrogens is 218 g/mol. The standard InChI is InChI=1S/C12H17N3O2/c1-9-6-13-7-10(14-9)11-4-3-5-15(11)12(16)8-17-2/h6-7,11H,3-5,8H2,1-2H3/t11-/m0/s1. The van der Waals surface area contributed by atoms with Crippen LogP contribution in [0.1, 0.15) is 30.3 Å². The molecule has 5 heteroatoms. The SMILES string of the molecule is COCC(=O)N1CCC[C@H]1c1cncc(C)n1. The maximum atomic E-state index is 11.9. The zero-order valence-electron chi connectivity index (χ0n) is 10.2. The van der Waals surface area contributed by atoms with E-state index in [2.05, 4.69) is 9.97 Å². The van der Waals surface area contributed by atoms with Crippen molar-refractivity contribution in [2.24, 2.45) is 0 Å². The van der Waals surface area contributed by atoms with Crippen molar-refractivity contribution in [3.8, 4) is 0 Å². The summed E-state index contributed by atoms with van der Waals surface area (Å²) in [5.74, 6) is 0.0262. The predicted octanol–water partition coefficient (Wildman–Crippen LogP) is 1.09. The van der Waals surface area contributed by atoms with E-state index in [1.165, 1.54) is 7.11 Å². The van der Waals surface area contributed by atoms with E-state index in [1.54, 1.807) is 12.4 Å². The summed E-state index contributed by atoms with van der Waals surface area (Å²) in [6.07, 6.45) is 5.43. The minimum atomic E-state index is 0.0262. The summed E-state index contributed by atoms with van der Waals surface area (Å²) in [7, 11) is 1.54. The maximum absolute atomic E-state index is 11.9. The Labute approximate surface area is 101 Å². The number of ether oxygens (including phenoxy) is 1. The minimum absolute atomic E-state index is 0.0262. The molecule has 0 aromatic carbocycles. The van der Waals surface area contributed by atoms with Crippen LogP contribution in [0, 0.1) is 6.92 Å². The van der Waals surface area contributed by atoms with Gasteiger partial charge < -0.3 is 9.64 Å². The Morgan fingerprint density at radius 1 is 1.59 bits per heavy atom. The molecule has 1 saturated heterocycles. The highest BCUT2D eigenvalue weighted by atomic mass is 16.5. The highest BCUT2D eigenvalue weighted by Crippen LogP contribution is 2.30. The monoisotopic (exact) mass is 235 g/mol. The number of likely N-dealkylation sites (tertiary alicyclic amines) is 1. The van der Waals surface area contributed by atoms with Gasteiger partial charge in [-0.3, -0.25) is 14.8 Å². The van der Waals surface area contributed by atoms with Crippen molar-refractivity contribution >= 4 is 5.91 Å². The van der Waals surface area contributed by atoms with Crippen LogP contribution in [0.4, 0.5) is 0 Å². The van der Waals surface area contributed by atoms with Crippen LogP contribution in [0.15, 0.2) is 12.4 Å².